The van der Waals surface area contributed by atoms with Crippen LogP contribution in [-0.2, 0) is 0 Å². The molecule has 1 atom stereocenters. The second-order valence-electron chi connectivity index (χ2n) is 4.10. The first kappa shape index (κ1) is 13.5. The van der Waals surface area contributed by atoms with E-state index in [-0.39, 0.29) is 5.56 Å². The largest absolute Gasteiger partial charge is 0.384 e. The summed E-state index contributed by atoms with van der Waals surface area (Å²) in [5, 5.41) is 10.6. The van der Waals surface area contributed by atoms with Crippen LogP contribution in [0.15, 0.2) is 40.9 Å². The van der Waals surface area contributed by atoms with Crippen molar-refractivity contribution in [3.05, 3.63) is 68.4 Å². The number of aliphatic hydroxyl groups is 1. The zero-order valence-electron chi connectivity index (χ0n) is 9.62. The molecule has 0 aromatic heterocycles. The van der Waals surface area contributed by atoms with Gasteiger partial charge in [0.25, 0.3) is 0 Å². The van der Waals surface area contributed by atoms with E-state index in [1.165, 1.54) is 12.1 Å². The van der Waals surface area contributed by atoms with Crippen LogP contribution >= 0.6 is 27.5 Å². The molecule has 0 aliphatic rings. The monoisotopic (exact) mass is 328 g/mol. The van der Waals surface area contributed by atoms with Crippen LogP contribution in [0.5, 0.6) is 0 Å². The molecule has 0 aliphatic carbocycles. The molecule has 94 valence electrons. The SMILES string of the molecule is Cc1cccc(C(O)c2cc(Cl)c(Br)cc2F)c1. The zero-order chi connectivity index (χ0) is 13.3. The van der Waals surface area contributed by atoms with E-state index >= 15 is 0 Å². The van der Waals surface area contributed by atoms with Crippen LogP contribution in [0.4, 0.5) is 4.39 Å². The van der Waals surface area contributed by atoms with Gasteiger partial charge < -0.3 is 5.11 Å². The lowest BCUT2D eigenvalue weighted by molar-refractivity contribution is 0.215. The van der Waals surface area contributed by atoms with Crippen molar-refractivity contribution in [2.75, 3.05) is 0 Å². The molecule has 0 aliphatic heterocycles. The first-order valence-electron chi connectivity index (χ1n) is 5.38. The molecule has 2 rings (SSSR count). The lowest BCUT2D eigenvalue weighted by Crippen LogP contribution is -2.03. The van der Waals surface area contributed by atoms with Crippen LogP contribution in [0, 0.1) is 12.7 Å². The molecule has 4 heteroatoms. The minimum Gasteiger partial charge on any atom is -0.384 e. The Bertz CT molecular complexity index is 586. The number of aliphatic hydroxyl groups excluding tert-OH is 1. The second kappa shape index (κ2) is 5.39. The smallest absolute Gasteiger partial charge is 0.130 e. The van der Waals surface area contributed by atoms with Crippen molar-refractivity contribution in [3.8, 4) is 0 Å². The molecule has 0 radical (unpaired) electrons. The Balaban J connectivity index is 2.46. The van der Waals surface area contributed by atoms with E-state index in [1.807, 2.05) is 25.1 Å². The standard InChI is InChI=1S/C14H11BrClFO/c1-8-3-2-4-9(5-8)14(18)10-6-12(16)11(15)7-13(10)17/h2-7,14,18H,1H3. The van der Waals surface area contributed by atoms with Gasteiger partial charge in [0.05, 0.1) is 5.02 Å². The topological polar surface area (TPSA) is 20.2 Å². The Morgan fingerprint density at radius 3 is 2.67 bits per heavy atom. The van der Waals surface area contributed by atoms with E-state index in [0.717, 1.165) is 5.56 Å². The van der Waals surface area contributed by atoms with E-state index in [1.54, 1.807) is 6.07 Å². The fraction of sp³-hybridized carbons (Fsp3) is 0.143. The summed E-state index contributed by atoms with van der Waals surface area (Å²) >= 11 is 9.07. The summed E-state index contributed by atoms with van der Waals surface area (Å²) in [6.45, 7) is 1.92. The Labute approximate surface area is 118 Å². The summed E-state index contributed by atoms with van der Waals surface area (Å²) in [4.78, 5) is 0. The van der Waals surface area contributed by atoms with Gasteiger partial charge in [0.2, 0.25) is 0 Å². The third-order valence-corrected chi connectivity index (χ3v) is 3.89. The van der Waals surface area contributed by atoms with Gasteiger partial charge in [-0.1, -0.05) is 41.4 Å². The number of hydrogen-bond donors (Lipinski definition) is 1. The summed E-state index contributed by atoms with van der Waals surface area (Å²) in [6, 6.07) is 10.0. The Morgan fingerprint density at radius 2 is 2.00 bits per heavy atom. The van der Waals surface area contributed by atoms with Gasteiger partial charge >= 0.3 is 0 Å². The highest BCUT2D eigenvalue weighted by Gasteiger charge is 2.17. The molecule has 0 amide bonds. The van der Waals surface area contributed by atoms with Gasteiger partial charge in [-0.15, -0.1) is 0 Å². The van der Waals surface area contributed by atoms with Crippen LogP contribution < -0.4 is 0 Å². The molecule has 2 aromatic carbocycles. The highest BCUT2D eigenvalue weighted by Crippen LogP contribution is 2.31. The van der Waals surface area contributed by atoms with Crippen molar-refractivity contribution in [2.45, 2.75) is 13.0 Å². The third-order valence-electron chi connectivity index (χ3n) is 2.69. The molecule has 0 saturated heterocycles. The average Bonchev–Trinajstić information content (AvgIpc) is 2.33. The van der Waals surface area contributed by atoms with Gasteiger partial charge in [0, 0.05) is 10.0 Å². The first-order valence-corrected chi connectivity index (χ1v) is 6.55. The van der Waals surface area contributed by atoms with Crippen LogP contribution in [0.3, 0.4) is 0 Å². The van der Waals surface area contributed by atoms with Crippen molar-refractivity contribution in [1.82, 2.24) is 0 Å². The van der Waals surface area contributed by atoms with E-state index < -0.39 is 11.9 Å². The molecule has 1 N–H and O–H groups in total. The molecule has 0 bridgehead atoms. The molecule has 0 heterocycles. The van der Waals surface area contributed by atoms with E-state index in [9.17, 15) is 9.50 Å². The lowest BCUT2D eigenvalue weighted by Gasteiger charge is -2.14. The lowest BCUT2D eigenvalue weighted by atomic mass is 10.00. The van der Waals surface area contributed by atoms with Gasteiger partial charge in [-0.25, -0.2) is 4.39 Å². The maximum atomic E-state index is 13.8. The molecule has 0 spiro atoms. The minimum atomic E-state index is -1.02. The summed E-state index contributed by atoms with van der Waals surface area (Å²) in [7, 11) is 0. The minimum absolute atomic E-state index is 0.175. The van der Waals surface area contributed by atoms with Crippen LogP contribution in [-0.4, -0.2) is 5.11 Å². The molecule has 2 aromatic rings. The van der Waals surface area contributed by atoms with Gasteiger partial charge in [-0.3, -0.25) is 0 Å². The van der Waals surface area contributed by atoms with Crippen molar-refractivity contribution in [1.29, 1.82) is 0 Å². The summed E-state index contributed by atoms with van der Waals surface area (Å²) in [5.41, 5.74) is 1.83. The second-order valence-corrected chi connectivity index (χ2v) is 5.37. The van der Waals surface area contributed by atoms with Crippen LogP contribution in [0.25, 0.3) is 0 Å². The normalized spacial score (nSPS) is 12.5. The highest BCUT2D eigenvalue weighted by molar-refractivity contribution is 9.10. The van der Waals surface area contributed by atoms with Crippen molar-refractivity contribution in [3.63, 3.8) is 0 Å². The van der Waals surface area contributed by atoms with E-state index in [0.29, 0.717) is 15.1 Å². The Kier molecular flexibility index (Phi) is 4.05. The molecule has 1 unspecified atom stereocenters. The molecule has 0 saturated carbocycles. The van der Waals surface area contributed by atoms with Crippen molar-refractivity contribution < 1.29 is 9.50 Å². The number of halogens is 3. The zero-order valence-corrected chi connectivity index (χ0v) is 12.0. The maximum Gasteiger partial charge on any atom is 0.130 e. The molecule has 1 nitrogen and oxygen atoms in total. The fourth-order valence-electron chi connectivity index (χ4n) is 1.77. The van der Waals surface area contributed by atoms with E-state index in [2.05, 4.69) is 15.9 Å². The van der Waals surface area contributed by atoms with Gasteiger partial charge in [0.15, 0.2) is 0 Å². The van der Waals surface area contributed by atoms with Gasteiger partial charge in [-0.2, -0.15) is 0 Å². The van der Waals surface area contributed by atoms with Crippen molar-refractivity contribution >= 4 is 27.5 Å². The van der Waals surface area contributed by atoms with Crippen molar-refractivity contribution in [2.24, 2.45) is 0 Å². The molecular formula is C14H11BrClFO. The summed E-state index contributed by atoms with van der Waals surface area (Å²) in [5.74, 6) is -0.486. The fourth-order valence-corrected chi connectivity index (χ4v) is 2.25. The maximum absolute atomic E-state index is 13.8. The quantitative estimate of drug-likeness (QED) is 0.796. The predicted molar refractivity (Wildman–Crippen MR) is 74.4 cm³/mol. The van der Waals surface area contributed by atoms with E-state index in [4.69, 9.17) is 11.6 Å². The number of benzene rings is 2. The summed E-state index contributed by atoms with van der Waals surface area (Å²) in [6.07, 6.45) is -1.02. The number of aryl methyl sites for hydroxylation is 1. The van der Waals surface area contributed by atoms with Crippen LogP contribution in [0.2, 0.25) is 5.02 Å². The number of rotatable bonds is 2. The molecule has 18 heavy (non-hydrogen) atoms. The third kappa shape index (κ3) is 2.74. The number of hydrogen-bond acceptors (Lipinski definition) is 1. The Hall–Kier alpha value is -0.900. The van der Waals surface area contributed by atoms with Crippen LogP contribution in [0.1, 0.15) is 22.8 Å². The average molecular weight is 330 g/mol. The predicted octanol–water partition coefficient (Wildman–Crippen LogP) is 4.63. The molecule has 0 fully saturated rings. The highest BCUT2D eigenvalue weighted by atomic mass is 79.9. The van der Waals surface area contributed by atoms with Gasteiger partial charge in [-0.05, 0) is 40.5 Å². The first-order chi connectivity index (χ1) is 8.49. The molecular weight excluding hydrogens is 319 g/mol. The Morgan fingerprint density at radius 1 is 1.28 bits per heavy atom. The van der Waals surface area contributed by atoms with Gasteiger partial charge in [0.1, 0.15) is 11.9 Å². The summed E-state index contributed by atoms with van der Waals surface area (Å²) < 4.78 is 14.3.